The molecule has 0 amide bonds. The summed E-state index contributed by atoms with van der Waals surface area (Å²) in [7, 11) is 0. The van der Waals surface area contributed by atoms with Crippen LogP contribution < -0.4 is 0 Å². The summed E-state index contributed by atoms with van der Waals surface area (Å²) in [5, 5.41) is 7.64. The highest BCUT2D eigenvalue weighted by molar-refractivity contribution is 6.22. The van der Waals surface area contributed by atoms with E-state index in [1.807, 2.05) is 0 Å². The zero-order valence-corrected chi connectivity index (χ0v) is 25.1. The van der Waals surface area contributed by atoms with E-state index in [1.165, 1.54) is 87.8 Å². The molecule has 0 spiro atoms. The van der Waals surface area contributed by atoms with E-state index in [-0.39, 0.29) is 0 Å². The molecule has 2 nitrogen and oxygen atoms in total. The molecule has 0 radical (unpaired) electrons. The second-order valence-electron chi connectivity index (χ2n) is 12.1. The fourth-order valence-electron chi connectivity index (χ4n) is 7.69. The SMILES string of the molecule is c1ccc(-c2c3ccc(-c4ccc(-n5c6ccccc6c6ccccc65)cc4)cc3n3c4ccccc4c4ccccc4c23)cc1. The van der Waals surface area contributed by atoms with Gasteiger partial charge >= 0.3 is 0 Å². The molecule has 0 saturated heterocycles. The number of hydrogen-bond donors (Lipinski definition) is 0. The van der Waals surface area contributed by atoms with Crippen molar-refractivity contribution in [2.75, 3.05) is 0 Å². The number of nitrogens with zero attached hydrogens (tertiary/aromatic N) is 2. The van der Waals surface area contributed by atoms with Crippen LogP contribution in [0.2, 0.25) is 0 Å². The monoisotopic (exact) mass is 584 g/mol. The third-order valence-electron chi connectivity index (χ3n) is 9.69. The molecule has 3 heterocycles. The molecule has 0 N–H and O–H groups in total. The number of aromatic nitrogens is 2. The van der Waals surface area contributed by atoms with E-state index in [2.05, 4.69) is 179 Å². The number of rotatable bonds is 3. The summed E-state index contributed by atoms with van der Waals surface area (Å²) in [6.07, 6.45) is 0. The van der Waals surface area contributed by atoms with Gasteiger partial charge in [-0.1, -0.05) is 133 Å². The first-order valence-corrected chi connectivity index (χ1v) is 15.9. The van der Waals surface area contributed by atoms with Crippen LogP contribution in [0.25, 0.3) is 87.8 Å². The van der Waals surface area contributed by atoms with Crippen LogP contribution in [-0.4, -0.2) is 8.97 Å². The van der Waals surface area contributed by atoms with E-state index in [0.717, 1.165) is 0 Å². The Hall–Kier alpha value is -6.12. The van der Waals surface area contributed by atoms with Crippen molar-refractivity contribution in [2.45, 2.75) is 0 Å². The predicted octanol–water partition coefficient (Wildman–Crippen LogP) is 11.8. The van der Waals surface area contributed by atoms with Gasteiger partial charge < -0.3 is 8.97 Å². The topological polar surface area (TPSA) is 9.34 Å². The third-order valence-corrected chi connectivity index (χ3v) is 9.69. The van der Waals surface area contributed by atoms with Gasteiger partial charge in [-0.15, -0.1) is 0 Å². The second-order valence-corrected chi connectivity index (χ2v) is 12.1. The number of benzene rings is 7. The highest BCUT2D eigenvalue weighted by Crippen LogP contribution is 2.43. The smallest absolute Gasteiger partial charge is 0.0625 e. The summed E-state index contributed by atoms with van der Waals surface area (Å²) in [6, 6.07) is 61.9. The molecule has 0 aliphatic heterocycles. The van der Waals surface area contributed by atoms with Crippen LogP contribution in [0.3, 0.4) is 0 Å². The zero-order valence-electron chi connectivity index (χ0n) is 25.1. The van der Waals surface area contributed by atoms with Crippen LogP contribution in [0.4, 0.5) is 0 Å². The lowest BCUT2D eigenvalue weighted by molar-refractivity contribution is 1.18. The molecule has 10 aromatic rings. The number of para-hydroxylation sites is 3. The van der Waals surface area contributed by atoms with E-state index in [0.29, 0.717) is 0 Å². The summed E-state index contributed by atoms with van der Waals surface area (Å²) in [5.41, 5.74) is 12.3. The fourth-order valence-corrected chi connectivity index (χ4v) is 7.69. The Morgan fingerprint density at radius 1 is 0.304 bits per heavy atom. The van der Waals surface area contributed by atoms with Crippen LogP contribution in [0.5, 0.6) is 0 Å². The van der Waals surface area contributed by atoms with Crippen molar-refractivity contribution >= 4 is 59.9 Å². The molecule has 0 saturated carbocycles. The highest BCUT2D eigenvalue weighted by Gasteiger charge is 2.20. The summed E-state index contributed by atoms with van der Waals surface area (Å²) in [6.45, 7) is 0. The van der Waals surface area contributed by atoms with Crippen molar-refractivity contribution in [1.82, 2.24) is 8.97 Å². The minimum Gasteiger partial charge on any atom is -0.309 e. The summed E-state index contributed by atoms with van der Waals surface area (Å²) >= 11 is 0. The molecule has 214 valence electrons. The normalized spacial score (nSPS) is 11.9. The number of hydrogen-bond acceptors (Lipinski definition) is 0. The van der Waals surface area contributed by atoms with E-state index in [9.17, 15) is 0 Å². The van der Waals surface area contributed by atoms with Crippen molar-refractivity contribution in [3.8, 4) is 27.9 Å². The van der Waals surface area contributed by atoms with Gasteiger partial charge in [-0.25, -0.2) is 0 Å². The molecular weight excluding hydrogens is 556 g/mol. The molecule has 0 aliphatic carbocycles. The van der Waals surface area contributed by atoms with Gasteiger partial charge in [0.05, 0.1) is 27.6 Å². The van der Waals surface area contributed by atoms with Gasteiger partial charge in [-0.3, -0.25) is 0 Å². The highest BCUT2D eigenvalue weighted by atomic mass is 15.0. The molecule has 2 heteroatoms. The van der Waals surface area contributed by atoms with Crippen molar-refractivity contribution in [2.24, 2.45) is 0 Å². The largest absolute Gasteiger partial charge is 0.309 e. The summed E-state index contributed by atoms with van der Waals surface area (Å²) in [4.78, 5) is 0. The zero-order chi connectivity index (χ0) is 30.2. The molecule has 0 aliphatic rings. The van der Waals surface area contributed by atoms with Crippen molar-refractivity contribution in [1.29, 1.82) is 0 Å². The Balaban J connectivity index is 1.22. The first kappa shape index (κ1) is 25.2. The van der Waals surface area contributed by atoms with Crippen LogP contribution >= 0.6 is 0 Å². The lowest BCUT2D eigenvalue weighted by atomic mass is 9.98. The van der Waals surface area contributed by atoms with Gasteiger partial charge in [-0.2, -0.15) is 0 Å². The molecule has 0 unspecified atom stereocenters. The molecule has 0 fully saturated rings. The van der Waals surface area contributed by atoms with Gasteiger partial charge in [0.1, 0.15) is 0 Å². The van der Waals surface area contributed by atoms with Gasteiger partial charge in [0.15, 0.2) is 0 Å². The van der Waals surface area contributed by atoms with Crippen LogP contribution in [-0.2, 0) is 0 Å². The maximum absolute atomic E-state index is 2.49. The predicted molar refractivity (Wildman–Crippen MR) is 195 cm³/mol. The molecular formula is C44H28N2. The fraction of sp³-hybridized carbons (Fsp3) is 0. The van der Waals surface area contributed by atoms with Crippen molar-refractivity contribution in [3.05, 3.63) is 170 Å². The molecule has 46 heavy (non-hydrogen) atoms. The average molecular weight is 585 g/mol. The minimum absolute atomic E-state index is 1.17. The standard InChI is InChI=1S/C44H28N2/c1-2-12-30(13-3-1)43-38-27-24-31(28-42(38)46-41-21-11-6-15-34(41)33-14-4-5-18-37(33)44(43)46)29-22-25-32(26-23-29)45-39-19-9-7-16-35(39)36-17-8-10-20-40(36)45/h1-28H. The lowest BCUT2D eigenvalue weighted by Gasteiger charge is -2.11. The van der Waals surface area contributed by atoms with Gasteiger partial charge in [-0.05, 0) is 58.5 Å². The Bertz CT molecular complexity index is 2730. The first-order chi connectivity index (χ1) is 22.8. The van der Waals surface area contributed by atoms with Gasteiger partial charge in [0.25, 0.3) is 0 Å². The maximum atomic E-state index is 2.49. The van der Waals surface area contributed by atoms with Crippen molar-refractivity contribution < 1.29 is 0 Å². The molecule has 7 aromatic carbocycles. The summed E-state index contributed by atoms with van der Waals surface area (Å²) in [5.74, 6) is 0. The Morgan fingerprint density at radius 3 is 1.50 bits per heavy atom. The number of fused-ring (bicyclic) bond motifs is 11. The number of pyridine rings is 1. The molecule has 3 aromatic heterocycles. The Kier molecular flexibility index (Phi) is 5.31. The van der Waals surface area contributed by atoms with E-state index in [4.69, 9.17) is 0 Å². The molecule has 0 atom stereocenters. The lowest BCUT2D eigenvalue weighted by Crippen LogP contribution is -1.93. The van der Waals surface area contributed by atoms with Crippen LogP contribution in [0.1, 0.15) is 0 Å². The van der Waals surface area contributed by atoms with E-state index in [1.54, 1.807) is 0 Å². The van der Waals surface area contributed by atoms with Crippen LogP contribution in [0, 0.1) is 0 Å². The van der Waals surface area contributed by atoms with Crippen LogP contribution in [0.15, 0.2) is 170 Å². The Labute approximate surface area is 266 Å². The quantitative estimate of drug-likeness (QED) is 0.183. The third kappa shape index (κ3) is 3.53. The van der Waals surface area contributed by atoms with E-state index < -0.39 is 0 Å². The maximum Gasteiger partial charge on any atom is 0.0625 e. The van der Waals surface area contributed by atoms with Gasteiger partial charge in [0, 0.05) is 38.2 Å². The Morgan fingerprint density at radius 2 is 0.826 bits per heavy atom. The van der Waals surface area contributed by atoms with E-state index >= 15 is 0 Å². The van der Waals surface area contributed by atoms with Gasteiger partial charge in [0.2, 0.25) is 0 Å². The molecule has 10 rings (SSSR count). The second kappa shape index (κ2) is 9.69. The average Bonchev–Trinajstić information content (AvgIpc) is 3.66. The first-order valence-electron chi connectivity index (χ1n) is 15.9. The minimum atomic E-state index is 1.17. The summed E-state index contributed by atoms with van der Waals surface area (Å²) < 4.78 is 4.87. The molecule has 0 bridgehead atoms. The van der Waals surface area contributed by atoms with Crippen molar-refractivity contribution in [3.63, 3.8) is 0 Å².